The molecule has 0 spiro atoms. The van der Waals surface area contributed by atoms with Gasteiger partial charge >= 0.3 is 0 Å². The van der Waals surface area contributed by atoms with Crippen molar-refractivity contribution in [2.75, 3.05) is 19.7 Å². The molecule has 20 heavy (non-hydrogen) atoms. The molecule has 1 aliphatic heterocycles. The Kier molecular flexibility index (Phi) is 5.88. The van der Waals surface area contributed by atoms with Crippen molar-refractivity contribution in [3.05, 3.63) is 0 Å². The highest BCUT2D eigenvalue weighted by Crippen LogP contribution is 2.28. The number of nitrogens with zero attached hydrogens (tertiary/aromatic N) is 1. The number of rotatable bonds is 8. The first-order valence-corrected chi connectivity index (χ1v) is 8.69. The number of likely N-dealkylation sites (tertiary alicyclic amines) is 1. The Bertz CT molecular complexity index is 285. The van der Waals surface area contributed by atoms with Gasteiger partial charge in [0, 0.05) is 17.6 Å². The van der Waals surface area contributed by atoms with Crippen molar-refractivity contribution in [2.24, 2.45) is 5.92 Å². The van der Waals surface area contributed by atoms with Gasteiger partial charge in [0.2, 0.25) is 0 Å². The zero-order valence-corrected chi connectivity index (χ0v) is 13.7. The molecule has 1 saturated carbocycles. The van der Waals surface area contributed by atoms with Gasteiger partial charge < -0.3 is 15.3 Å². The van der Waals surface area contributed by atoms with Gasteiger partial charge in [0.15, 0.2) is 0 Å². The maximum absolute atomic E-state index is 9.74. The van der Waals surface area contributed by atoms with Gasteiger partial charge in [0.25, 0.3) is 0 Å². The minimum Gasteiger partial charge on any atom is -0.394 e. The summed E-state index contributed by atoms with van der Waals surface area (Å²) in [6.07, 6.45) is 9.08. The molecule has 118 valence electrons. The topological polar surface area (TPSA) is 35.5 Å². The summed E-state index contributed by atoms with van der Waals surface area (Å²) in [5.74, 6) is 0.956. The van der Waals surface area contributed by atoms with Crippen LogP contribution in [-0.2, 0) is 0 Å². The summed E-state index contributed by atoms with van der Waals surface area (Å²) >= 11 is 0. The maximum atomic E-state index is 9.74. The molecule has 1 aliphatic carbocycles. The van der Waals surface area contributed by atoms with E-state index in [1.165, 1.54) is 51.6 Å². The first kappa shape index (κ1) is 16.3. The molecule has 0 bridgehead atoms. The van der Waals surface area contributed by atoms with Gasteiger partial charge in [0.05, 0.1) is 6.61 Å². The van der Waals surface area contributed by atoms with E-state index in [1.54, 1.807) is 0 Å². The molecule has 0 radical (unpaired) electrons. The highest BCUT2D eigenvalue weighted by molar-refractivity contribution is 4.94. The SMILES string of the molecule is CCCC1CCN(C(C)CC(C)(CO)NC2CC2)CC1. The molecule has 3 heteroatoms. The summed E-state index contributed by atoms with van der Waals surface area (Å²) in [5, 5.41) is 13.4. The summed E-state index contributed by atoms with van der Waals surface area (Å²) in [5.41, 5.74) is -0.0964. The van der Waals surface area contributed by atoms with Crippen LogP contribution in [0.5, 0.6) is 0 Å². The Labute approximate surface area is 125 Å². The van der Waals surface area contributed by atoms with E-state index in [0.717, 1.165) is 12.3 Å². The van der Waals surface area contributed by atoms with Gasteiger partial charge in [-0.25, -0.2) is 0 Å². The summed E-state index contributed by atoms with van der Waals surface area (Å²) in [4.78, 5) is 2.63. The highest BCUT2D eigenvalue weighted by Gasteiger charge is 2.34. The third-order valence-corrected chi connectivity index (χ3v) is 5.19. The largest absolute Gasteiger partial charge is 0.394 e. The third kappa shape index (κ3) is 4.71. The summed E-state index contributed by atoms with van der Waals surface area (Å²) in [6, 6.07) is 1.23. The fourth-order valence-electron chi connectivity index (χ4n) is 3.76. The minimum absolute atomic E-state index is 0.0964. The average molecular weight is 282 g/mol. The van der Waals surface area contributed by atoms with Crippen LogP contribution in [0.1, 0.15) is 65.7 Å². The van der Waals surface area contributed by atoms with Gasteiger partial charge in [-0.15, -0.1) is 0 Å². The molecule has 0 aromatic heterocycles. The molecular weight excluding hydrogens is 248 g/mol. The van der Waals surface area contributed by atoms with E-state index < -0.39 is 0 Å². The molecule has 1 saturated heterocycles. The van der Waals surface area contributed by atoms with Crippen molar-refractivity contribution >= 4 is 0 Å². The molecule has 2 fully saturated rings. The molecule has 2 N–H and O–H groups in total. The fourth-order valence-corrected chi connectivity index (χ4v) is 3.76. The lowest BCUT2D eigenvalue weighted by atomic mass is 9.89. The van der Waals surface area contributed by atoms with Crippen molar-refractivity contribution in [1.82, 2.24) is 10.2 Å². The van der Waals surface area contributed by atoms with Gasteiger partial charge in [-0.3, -0.25) is 0 Å². The van der Waals surface area contributed by atoms with E-state index in [9.17, 15) is 5.11 Å². The molecule has 2 atom stereocenters. The van der Waals surface area contributed by atoms with Crippen LogP contribution in [0.15, 0.2) is 0 Å². The normalized spacial score (nSPS) is 26.4. The lowest BCUT2D eigenvalue weighted by molar-refractivity contribution is 0.0876. The Hall–Kier alpha value is -0.120. The van der Waals surface area contributed by atoms with Crippen molar-refractivity contribution in [3.8, 4) is 0 Å². The van der Waals surface area contributed by atoms with Crippen LogP contribution in [0.25, 0.3) is 0 Å². The Morgan fingerprint density at radius 3 is 2.40 bits per heavy atom. The van der Waals surface area contributed by atoms with Crippen molar-refractivity contribution in [1.29, 1.82) is 0 Å². The van der Waals surface area contributed by atoms with Crippen molar-refractivity contribution in [2.45, 2.75) is 83.3 Å². The highest BCUT2D eigenvalue weighted by atomic mass is 16.3. The van der Waals surface area contributed by atoms with Crippen molar-refractivity contribution in [3.63, 3.8) is 0 Å². The summed E-state index contributed by atoms with van der Waals surface area (Å²) < 4.78 is 0. The lowest BCUT2D eigenvalue weighted by Crippen LogP contribution is -2.52. The van der Waals surface area contributed by atoms with E-state index in [2.05, 4.69) is 31.0 Å². The fraction of sp³-hybridized carbons (Fsp3) is 1.00. The van der Waals surface area contributed by atoms with Crippen LogP contribution in [0.3, 0.4) is 0 Å². The van der Waals surface area contributed by atoms with Crippen molar-refractivity contribution < 1.29 is 5.11 Å². The quantitative estimate of drug-likeness (QED) is 0.718. The molecule has 1 heterocycles. The Morgan fingerprint density at radius 1 is 1.25 bits per heavy atom. The molecule has 0 aromatic rings. The summed E-state index contributed by atoms with van der Waals surface area (Å²) in [7, 11) is 0. The maximum Gasteiger partial charge on any atom is 0.0611 e. The van der Waals surface area contributed by atoms with E-state index >= 15 is 0 Å². The second-order valence-electron chi connectivity index (χ2n) is 7.46. The lowest BCUT2D eigenvalue weighted by Gasteiger charge is -2.40. The molecular formula is C17H34N2O. The van der Waals surface area contributed by atoms with E-state index in [0.29, 0.717) is 12.1 Å². The average Bonchev–Trinajstić information content (AvgIpc) is 3.23. The van der Waals surface area contributed by atoms with Crippen LogP contribution in [0, 0.1) is 5.92 Å². The van der Waals surface area contributed by atoms with E-state index in [-0.39, 0.29) is 12.1 Å². The monoisotopic (exact) mass is 282 g/mol. The number of aliphatic hydroxyl groups excluding tert-OH is 1. The van der Waals surface area contributed by atoms with Gasteiger partial charge in [-0.05, 0) is 65.0 Å². The molecule has 2 aliphatic rings. The predicted molar refractivity (Wildman–Crippen MR) is 84.9 cm³/mol. The second kappa shape index (κ2) is 7.24. The first-order valence-electron chi connectivity index (χ1n) is 8.69. The third-order valence-electron chi connectivity index (χ3n) is 5.19. The zero-order chi connectivity index (χ0) is 14.6. The van der Waals surface area contributed by atoms with Crippen LogP contribution in [-0.4, -0.2) is 47.3 Å². The molecule has 0 amide bonds. The first-order chi connectivity index (χ1) is 9.56. The summed E-state index contributed by atoms with van der Waals surface area (Å²) in [6.45, 7) is 9.56. The second-order valence-corrected chi connectivity index (χ2v) is 7.46. The van der Waals surface area contributed by atoms with Gasteiger partial charge in [0.1, 0.15) is 0 Å². The Morgan fingerprint density at radius 2 is 1.90 bits per heavy atom. The number of piperidine rings is 1. The van der Waals surface area contributed by atoms with Crippen LogP contribution in [0.2, 0.25) is 0 Å². The zero-order valence-electron chi connectivity index (χ0n) is 13.7. The molecule has 2 rings (SSSR count). The Balaban J connectivity index is 1.77. The van der Waals surface area contributed by atoms with E-state index in [1.807, 2.05) is 0 Å². The van der Waals surface area contributed by atoms with Gasteiger partial charge in [-0.1, -0.05) is 19.8 Å². The number of aliphatic hydroxyl groups is 1. The van der Waals surface area contributed by atoms with Crippen LogP contribution in [0.4, 0.5) is 0 Å². The molecule has 0 aromatic carbocycles. The van der Waals surface area contributed by atoms with Crippen LogP contribution >= 0.6 is 0 Å². The smallest absolute Gasteiger partial charge is 0.0611 e. The molecule has 3 nitrogen and oxygen atoms in total. The van der Waals surface area contributed by atoms with Crippen LogP contribution < -0.4 is 5.32 Å². The standard InChI is InChI=1S/C17H34N2O/c1-4-5-15-8-10-19(11-9-15)14(2)12-17(3,13-20)18-16-6-7-16/h14-16,18,20H,4-13H2,1-3H3. The van der Waals surface area contributed by atoms with E-state index in [4.69, 9.17) is 0 Å². The molecule has 2 unspecified atom stereocenters. The number of hydrogen-bond acceptors (Lipinski definition) is 3. The number of hydrogen-bond donors (Lipinski definition) is 2. The minimum atomic E-state index is -0.0964. The number of nitrogens with one attached hydrogen (secondary N) is 1. The van der Waals surface area contributed by atoms with Gasteiger partial charge in [-0.2, -0.15) is 0 Å². The predicted octanol–water partition coefficient (Wildman–Crippen LogP) is 2.78.